The zero-order chi connectivity index (χ0) is 22.9. The SMILES string of the molecule is CCN(CC(=O)Nc1ccccc1OC)C(=O)c1ccc2c(c1)SC1=NS(=O)(=O)CCN12. The predicted molar refractivity (Wildman–Crippen MR) is 124 cm³/mol. The van der Waals surface area contributed by atoms with Crippen LogP contribution in [-0.2, 0) is 14.8 Å². The molecule has 11 heteroatoms. The largest absolute Gasteiger partial charge is 0.495 e. The molecule has 0 unspecified atom stereocenters. The third kappa shape index (κ3) is 4.44. The minimum Gasteiger partial charge on any atom is -0.495 e. The molecule has 0 aliphatic carbocycles. The lowest BCUT2D eigenvalue weighted by molar-refractivity contribution is -0.116. The number of amidine groups is 1. The summed E-state index contributed by atoms with van der Waals surface area (Å²) in [5.41, 5.74) is 1.79. The minimum atomic E-state index is -3.45. The zero-order valence-corrected chi connectivity index (χ0v) is 19.2. The van der Waals surface area contributed by atoms with Crippen LogP contribution in [-0.4, -0.2) is 62.8 Å². The molecule has 2 amide bonds. The van der Waals surface area contributed by atoms with Gasteiger partial charge in [-0.1, -0.05) is 12.1 Å². The lowest BCUT2D eigenvalue weighted by Gasteiger charge is -2.23. The van der Waals surface area contributed by atoms with Crippen molar-refractivity contribution in [1.82, 2.24) is 4.90 Å². The maximum absolute atomic E-state index is 13.1. The number of nitrogens with one attached hydrogen (secondary N) is 1. The van der Waals surface area contributed by atoms with Gasteiger partial charge in [-0.05, 0) is 49.0 Å². The maximum atomic E-state index is 13.1. The summed E-state index contributed by atoms with van der Waals surface area (Å²) in [5, 5.41) is 3.18. The number of para-hydroxylation sites is 2. The Bertz CT molecular complexity index is 1210. The van der Waals surface area contributed by atoms with E-state index in [0.29, 0.717) is 35.3 Å². The van der Waals surface area contributed by atoms with E-state index in [0.717, 1.165) is 10.6 Å². The highest BCUT2D eigenvalue weighted by molar-refractivity contribution is 8.15. The van der Waals surface area contributed by atoms with E-state index >= 15 is 0 Å². The van der Waals surface area contributed by atoms with Gasteiger partial charge in [-0.3, -0.25) is 9.59 Å². The average Bonchev–Trinajstić information content (AvgIpc) is 3.12. The maximum Gasteiger partial charge on any atom is 0.257 e. The quantitative estimate of drug-likeness (QED) is 0.685. The van der Waals surface area contributed by atoms with Crippen LogP contribution in [0, 0.1) is 0 Å². The van der Waals surface area contributed by atoms with Gasteiger partial charge in [-0.2, -0.15) is 0 Å². The topological polar surface area (TPSA) is 108 Å². The summed E-state index contributed by atoms with van der Waals surface area (Å²) in [6.45, 7) is 2.36. The van der Waals surface area contributed by atoms with Gasteiger partial charge in [0.2, 0.25) is 5.91 Å². The van der Waals surface area contributed by atoms with E-state index in [9.17, 15) is 18.0 Å². The average molecular weight is 475 g/mol. The first-order valence-electron chi connectivity index (χ1n) is 9.95. The number of carbonyl (C=O) groups excluding carboxylic acids is 2. The third-order valence-corrected chi connectivity index (χ3v) is 7.41. The fourth-order valence-corrected chi connectivity index (χ4v) is 5.78. The van der Waals surface area contributed by atoms with Gasteiger partial charge in [0.15, 0.2) is 5.17 Å². The number of methoxy groups -OCH3 is 1. The van der Waals surface area contributed by atoms with Crippen molar-refractivity contribution in [3.8, 4) is 5.75 Å². The molecule has 9 nitrogen and oxygen atoms in total. The van der Waals surface area contributed by atoms with Crippen molar-refractivity contribution in [3.63, 3.8) is 0 Å². The second kappa shape index (κ2) is 8.83. The van der Waals surface area contributed by atoms with Gasteiger partial charge < -0.3 is 19.9 Å². The zero-order valence-electron chi connectivity index (χ0n) is 17.6. The first-order valence-corrected chi connectivity index (χ1v) is 12.4. The molecule has 0 aromatic heterocycles. The minimum absolute atomic E-state index is 0.0396. The number of benzene rings is 2. The molecule has 0 spiro atoms. The Kier molecular flexibility index (Phi) is 6.11. The van der Waals surface area contributed by atoms with Crippen molar-refractivity contribution in [1.29, 1.82) is 0 Å². The number of anilines is 2. The second-order valence-electron chi connectivity index (χ2n) is 7.16. The molecule has 0 fully saturated rings. The van der Waals surface area contributed by atoms with Crippen molar-refractivity contribution < 1.29 is 22.7 Å². The molecule has 0 radical (unpaired) electrons. The first kappa shape index (κ1) is 22.2. The number of hydrogen-bond donors (Lipinski definition) is 1. The van der Waals surface area contributed by atoms with E-state index in [-0.39, 0.29) is 24.1 Å². The summed E-state index contributed by atoms with van der Waals surface area (Å²) in [6.07, 6.45) is 0. The third-order valence-electron chi connectivity index (χ3n) is 5.10. The molecule has 2 aliphatic rings. The summed E-state index contributed by atoms with van der Waals surface area (Å²) in [4.78, 5) is 29.7. The number of sulfonamides is 1. The molecule has 0 bridgehead atoms. The van der Waals surface area contributed by atoms with E-state index < -0.39 is 10.0 Å². The van der Waals surface area contributed by atoms with E-state index in [1.807, 2.05) is 4.90 Å². The summed E-state index contributed by atoms with van der Waals surface area (Å²) < 4.78 is 32.6. The van der Waals surface area contributed by atoms with Crippen LogP contribution in [0.15, 0.2) is 51.8 Å². The Balaban J connectivity index is 1.48. The number of ether oxygens (including phenoxy) is 1. The Morgan fingerprint density at radius 1 is 1.25 bits per heavy atom. The van der Waals surface area contributed by atoms with E-state index in [1.54, 1.807) is 49.4 Å². The van der Waals surface area contributed by atoms with E-state index in [2.05, 4.69) is 9.71 Å². The van der Waals surface area contributed by atoms with Crippen LogP contribution in [0.4, 0.5) is 11.4 Å². The van der Waals surface area contributed by atoms with Crippen LogP contribution in [0.25, 0.3) is 0 Å². The number of rotatable bonds is 6. The molecule has 0 saturated heterocycles. The second-order valence-corrected chi connectivity index (χ2v) is 9.93. The highest BCUT2D eigenvalue weighted by Gasteiger charge is 2.33. The molecular weight excluding hydrogens is 452 g/mol. The molecule has 0 saturated carbocycles. The molecule has 2 heterocycles. The number of amides is 2. The molecule has 4 rings (SSSR count). The Morgan fingerprint density at radius 2 is 2.03 bits per heavy atom. The Morgan fingerprint density at radius 3 is 2.78 bits per heavy atom. The lowest BCUT2D eigenvalue weighted by Crippen LogP contribution is -2.38. The van der Waals surface area contributed by atoms with Crippen LogP contribution < -0.4 is 15.0 Å². The van der Waals surface area contributed by atoms with Gasteiger partial charge in [0.05, 0.1) is 24.2 Å². The first-order chi connectivity index (χ1) is 15.3. The van der Waals surface area contributed by atoms with Gasteiger partial charge in [0.1, 0.15) is 12.3 Å². The molecule has 168 valence electrons. The lowest BCUT2D eigenvalue weighted by atomic mass is 10.1. The van der Waals surface area contributed by atoms with Crippen LogP contribution in [0.5, 0.6) is 5.75 Å². The highest BCUT2D eigenvalue weighted by Crippen LogP contribution is 2.42. The molecule has 2 aromatic rings. The number of likely N-dealkylation sites (N-methyl/N-ethyl adjacent to an activating group) is 1. The monoisotopic (exact) mass is 474 g/mol. The van der Waals surface area contributed by atoms with Crippen molar-refractivity contribution in [2.24, 2.45) is 4.40 Å². The number of thioether (sulfide) groups is 1. The smallest absolute Gasteiger partial charge is 0.257 e. The summed E-state index contributed by atoms with van der Waals surface area (Å²) in [5.74, 6) is -0.128. The number of hydrogen-bond acceptors (Lipinski definition) is 7. The van der Waals surface area contributed by atoms with Gasteiger partial charge in [-0.15, -0.1) is 4.40 Å². The number of fused-ring (bicyclic) bond motifs is 3. The summed E-state index contributed by atoms with van der Waals surface area (Å²) in [6, 6.07) is 12.3. The number of nitrogens with zero attached hydrogens (tertiary/aromatic N) is 3. The van der Waals surface area contributed by atoms with Crippen molar-refractivity contribution in [3.05, 3.63) is 48.0 Å². The van der Waals surface area contributed by atoms with Crippen molar-refractivity contribution >= 4 is 50.1 Å². The Labute approximate surface area is 190 Å². The fraction of sp³-hybridized carbons (Fsp3) is 0.286. The van der Waals surface area contributed by atoms with Crippen LogP contribution in [0.2, 0.25) is 0 Å². The molecular formula is C21H22N4O5S2. The van der Waals surface area contributed by atoms with Gasteiger partial charge in [-0.25, -0.2) is 8.42 Å². The summed E-state index contributed by atoms with van der Waals surface area (Å²) >= 11 is 1.23. The number of carbonyl (C=O) groups is 2. The summed E-state index contributed by atoms with van der Waals surface area (Å²) in [7, 11) is -1.93. The van der Waals surface area contributed by atoms with Gasteiger partial charge in [0.25, 0.3) is 15.9 Å². The molecule has 1 N–H and O–H groups in total. The standard InChI is InChI=1S/C21H22N4O5S2/c1-3-24(13-19(26)22-15-6-4-5-7-17(15)30-2)20(27)14-8-9-16-18(12-14)31-21-23-32(28,29)11-10-25(16)21/h4-9,12H,3,10-11,13H2,1-2H3,(H,22,26). The van der Waals surface area contributed by atoms with Gasteiger partial charge >= 0.3 is 0 Å². The molecule has 0 atom stereocenters. The Hall–Kier alpha value is -3.05. The normalized spacial score (nSPS) is 15.9. The highest BCUT2D eigenvalue weighted by atomic mass is 32.2. The van der Waals surface area contributed by atoms with Crippen LogP contribution in [0.3, 0.4) is 0 Å². The van der Waals surface area contributed by atoms with E-state index in [4.69, 9.17) is 4.74 Å². The predicted octanol–water partition coefficient (Wildman–Crippen LogP) is 2.41. The molecule has 2 aromatic carbocycles. The molecule has 32 heavy (non-hydrogen) atoms. The molecule has 2 aliphatic heterocycles. The van der Waals surface area contributed by atoms with Crippen LogP contribution >= 0.6 is 11.8 Å². The fourth-order valence-electron chi connectivity index (χ4n) is 3.48. The van der Waals surface area contributed by atoms with E-state index in [1.165, 1.54) is 23.8 Å². The van der Waals surface area contributed by atoms with Crippen molar-refractivity contribution in [2.45, 2.75) is 11.8 Å². The van der Waals surface area contributed by atoms with Gasteiger partial charge in [0, 0.05) is 23.5 Å². The van der Waals surface area contributed by atoms with Crippen molar-refractivity contribution in [2.75, 3.05) is 42.7 Å². The van der Waals surface area contributed by atoms with Crippen LogP contribution in [0.1, 0.15) is 17.3 Å².